The minimum absolute atomic E-state index is 0.000580. The summed E-state index contributed by atoms with van der Waals surface area (Å²) in [5.41, 5.74) is 1.75. The molecule has 0 bridgehead atoms. The quantitative estimate of drug-likeness (QED) is 0.872. The van der Waals surface area contributed by atoms with Crippen LogP contribution in [0.2, 0.25) is 0 Å². The van der Waals surface area contributed by atoms with Crippen molar-refractivity contribution < 1.29 is 13.2 Å². The van der Waals surface area contributed by atoms with Crippen molar-refractivity contribution in [2.45, 2.75) is 45.1 Å². The second-order valence-electron chi connectivity index (χ2n) is 6.07. The molecule has 4 nitrogen and oxygen atoms in total. The van der Waals surface area contributed by atoms with Gasteiger partial charge in [-0.25, -0.2) is 8.42 Å². The number of hydrogen-bond donors (Lipinski definition) is 1. The lowest BCUT2D eigenvalue weighted by atomic mass is 10.1. The summed E-state index contributed by atoms with van der Waals surface area (Å²) < 4.78 is 23.1. The first kappa shape index (κ1) is 15.3. The Morgan fingerprint density at radius 1 is 1.35 bits per heavy atom. The zero-order chi connectivity index (χ0) is 15.3. The minimum atomic E-state index is -3.86. The van der Waals surface area contributed by atoms with Crippen LogP contribution in [-0.2, 0) is 9.05 Å². The molecule has 1 fully saturated rings. The van der Waals surface area contributed by atoms with Crippen LogP contribution in [0.1, 0.15) is 41.8 Å². The molecule has 1 aromatic carbocycles. The molecule has 20 heavy (non-hydrogen) atoms. The molecule has 0 heterocycles. The molecule has 6 heteroatoms. The lowest BCUT2D eigenvalue weighted by Gasteiger charge is -2.11. The Morgan fingerprint density at radius 2 is 1.90 bits per heavy atom. The fourth-order valence-electron chi connectivity index (χ4n) is 2.17. The van der Waals surface area contributed by atoms with Crippen LogP contribution in [0.25, 0.3) is 0 Å². The smallest absolute Gasteiger partial charge is 0.261 e. The van der Waals surface area contributed by atoms with Gasteiger partial charge in [0.15, 0.2) is 0 Å². The number of rotatable bonds is 3. The summed E-state index contributed by atoms with van der Waals surface area (Å²) in [5, 5.41) is 2.91. The van der Waals surface area contributed by atoms with Gasteiger partial charge in [-0.05, 0) is 48.9 Å². The summed E-state index contributed by atoms with van der Waals surface area (Å²) >= 11 is 0. The van der Waals surface area contributed by atoms with Crippen molar-refractivity contribution in [1.82, 2.24) is 5.32 Å². The fourth-order valence-corrected chi connectivity index (χ4v) is 3.44. The second kappa shape index (κ2) is 4.74. The Hall–Kier alpha value is -1.07. The van der Waals surface area contributed by atoms with E-state index in [9.17, 15) is 13.2 Å². The molecule has 1 aliphatic rings. The molecule has 1 aliphatic carbocycles. The van der Waals surface area contributed by atoms with Gasteiger partial charge in [0.1, 0.15) is 0 Å². The Labute approximate surface area is 123 Å². The first-order valence-corrected chi connectivity index (χ1v) is 8.70. The third-order valence-electron chi connectivity index (χ3n) is 3.96. The first-order valence-electron chi connectivity index (χ1n) is 6.39. The van der Waals surface area contributed by atoms with Gasteiger partial charge in [-0.2, -0.15) is 0 Å². The molecular formula is C14H18ClNO3S. The lowest BCUT2D eigenvalue weighted by Crippen LogP contribution is -2.28. The van der Waals surface area contributed by atoms with E-state index in [1.165, 1.54) is 6.07 Å². The highest BCUT2D eigenvalue weighted by Crippen LogP contribution is 2.44. The van der Waals surface area contributed by atoms with E-state index in [2.05, 4.69) is 19.2 Å². The Morgan fingerprint density at radius 3 is 2.35 bits per heavy atom. The molecule has 1 N–H and O–H groups in total. The van der Waals surface area contributed by atoms with Crippen molar-refractivity contribution in [1.29, 1.82) is 0 Å². The Balaban J connectivity index is 2.34. The molecule has 0 spiro atoms. The normalized spacial score (nSPS) is 20.6. The van der Waals surface area contributed by atoms with Crippen LogP contribution < -0.4 is 5.32 Å². The summed E-state index contributed by atoms with van der Waals surface area (Å²) in [5.74, 6) is -0.259. The molecule has 0 aliphatic heterocycles. The Kier molecular flexibility index (Phi) is 3.63. The van der Waals surface area contributed by atoms with E-state index in [0.29, 0.717) is 11.1 Å². The van der Waals surface area contributed by atoms with Crippen LogP contribution in [0.15, 0.2) is 17.0 Å². The van der Waals surface area contributed by atoms with Gasteiger partial charge >= 0.3 is 0 Å². The maximum Gasteiger partial charge on any atom is 0.261 e. The molecule has 1 amide bonds. The van der Waals surface area contributed by atoms with E-state index < -0.39 is 9.05 Å². The topological polar surface area (TPSA) is 63.2 Å². The third kappa shape index (κ3) is 2.99. The highest BCUT2D eigenvalue weighted by molar-refractivity contribution is 8.13. The number of hydrogen-bond acceptors (Lipinski definition) is 3. The summed E-state index contributed by atoms with van der Waals surface area (Å²) in [6, 6.07) is 3.17. The van der Waals surface area contributed by atoms with Gasteiger partial charge in [-0.3, -0.25) is 4.79 Å². The second-order valence-corrected chi connectivity index (χ2v) is 8.61. The van der Waals surface area contributed by atoms with Gasteiger partial charge in [0.05, 0.1) is 4.90 Å². The van der Waals surface area contributed by atoms with E-state index in [-0.39, 0.29) is 22.3 Å². The summed E-state index contributed by atoms with van der Waals surface area (Å²) in [6.45, 7) is 7.59. The lowest BCUT2D eigenvalue weighted by molar-refractivity contribution is 0.0946. The highest BCUT2D eigenvalue weighted by Gasteiger charge is 2.46. The van der Waals surface area contributed by atoms with Crippen LogP contribution in [0.4, 0.5) is 0 Å². The van der Waals surface area contributed by atoms with Gasteiger partial charge in [0, 0.05) is 22.3 Å². The molecule has 1 saturated carbocycles. The van der Waals surface area contributed by atoms with Crippen LogP contribution in [0.3, 0.4) is 0 Å². The molecular weight excluding hydrogens is 298 g/mol. The third-order valence-corrected chi connectivity index (χ3v) is 5.41. The summed E-state index contributed by atoms with van der Waals surface area (Å²) in [7, 11) is 1.56. The molecule has 0 saturated heterocycles. The van der Waals surface area contributed by atoms with E-state index in [0.717, 1.165) is 12.0 Å². The standard InChI is InChI=1S/C14H18ClNO3S/c1-8-5-10(6-11(9(8)2)20(15,18)19)13(17)16-12-7-14(12,3)4/h5-6,12H,7H2,1-4H3,(H,16,17). The van der Waals surface area contributed by atoms with Crippen molar-refractivity contribution in [3.05, 3.63) is 28.8 Å². The molecule has 0 radical (unpaired) electrons. The van der Waals surface area contributed by atoms with E-state index in [4.69, 9.17) is 10.7 Å². The van der Waals surface area contributed by atoms with Gasteiger partial charge in [0.2, 0.25) is 0 Å². The highest BCUT2D eigenvalue weighted by atomic mass is 35.7. The average Bonchev–Trinajstić information content (AvgIpc) is 2.87. The maximum absolute atomic E-state index is 12.2. The van der Waals surface area contributed by atoms with Gasteiger partial charge in [-0.15, -0.1) is 0 Å². The molecule has 1 unspecified atom stereocenters. The molecule has 2 rings (SSSR count). The SMILES string of the molecule is Cc1cc(C(=O)NC2CC2(C)C)cc(S(=O)(=O)Cl)c1C. The van der Waals surface area contributed by atoms with Crippen molar-refractivity contribution in [2.75, 3.05) is 0 Å². The van der Waals surface area contributed by atoms with E-state index >= 15 is 0 Å². The van der Waals surface area contributed by atoms with Crippen LogP contribution in [-0.4, -0.2) is 20.4 Å². The fraction of sp³-hybridized carbons (Fsp3) is 0.500. The predicted octanol–water partition coefficient (Wildman–Crippen LogP) is 2.76. The summed E-state index contributed by atoms with van der Waals surface area (Å²) in [4.78, 5) is 12.2. The van der Waals surface area contributed by atoms with E-state index in [1.807, 2.05) is 0 Å². The van der Waals surface area contributed by atoms with Gasteiger partial charge < -0.3 is 5.32 Å². The number of amides is 1. The minimum Gasteiger partial charge on any atom is -0.349 e. The average molecular weight is 316 g/mol. The molecule has 110 valence electrons. The number of carbonyl (C=O) groups is 1. The van der Waals surface area contributed by atoms with Crippen molar-refractivity contribution >= 4 is 25.6 Å². The molecule has 0 aromatic heterocycles. The predicted molar refractivity (Wildman–Crippen MR) is 78.6 cm³/mol. The van der Waals surface area contributed by atoms with Crippen molar-refractivity contribution in [3.8, 4) is 0 Å². The number of carbonyl (C=O) groups excluding carboxylic acids is 1. The number of aryl methyl sites for hydroxylation is 1. The van der Waals surface area contributed by atoms with Crippen LogP contribution in [0, 0.1) is 19.3 Å². The number of nitrogens with one attached hydrogen (secondary N) is 1. The van der Waals surface area contributed by atoms with Gasteiger partial charge in [0.25, 0.3) is 15.0 Å². The summed E-state index contributed by atoms with van der Waals surface area (Å²) in [6.07, 6.45) is 0.935. The zero-order valence-electron chi connectivity index (χ0n) is 12.0. The number of halogens is 1. The maximum atomic E-state index is 12.2. The molecule has 1 atom stereocenters. The van der Waals surface area contributed by atoms with Crippen LogP contribution >= 0.6 is 10.7 Å². The van der Waals surface area contributed by atoms with Crippen molar-refractivity contribution in [2.24, 2.45) is 5.41 Å². The first-order chi connectivity index (χ1) is 9.02. The largest absolute Gasteiger partial charge is 0.349 e. The number of benzene rings is 1. The van der Waals surface area contributed by atoms with E-state index in [1.54, 1.807) is 19.9 Å². The van der Waals surface area contributed by atoms with Crippen LogP contribution in [0.5, 0.6) is 0 Å². The van der Waals surface area contributed by atoms with Crippen molar-refractivity contribution in [3.63, 3.8) is 0 Å². The van der Waals surface area contributed by atoms with Gasteiger partial charge in [-0.1, -0.05) is 13.8 Å². The monoisotopic (exact) mass is 315 g/mol. The zero-order valence-corrected chi connectivity index (χ0v) is 13.5. The Bertz CT molecular complexity index is 680. The molecule has 1 aromatic rings.